The van der Waals surface area contributed by atoms with Crippen LogP contribution in [0.5, 0.6) is 0 Å². The van der Waals surface area contributed by atoms with Gasteiger partial charge in [0, 0.05) is 34.2 Å². The van der Waals surface area contributed by atoms with E-state index >= 15 is 0 Å². The zero-order valence-electron chi connectivity index (χ0n) is 16.2. The van der Waals surface area contributed by atoms with Crippen LogP contribution in [0.1, 0.15) is 23.2 Å². The lowest BCUT2D eigenvalue weighted by Gasteiger charge is -2.15. The normalized spacial score (nSPS) is 15.9. The van der Waals surface area contributed by atoms with Crippen molar-refractivity contribution in [2.24, 2.45) is 5.11 Å². The quantitative estimate of drug-likeness (QED) is 0.0873. The zero-order valence-corrected chi connectivity index (χ0v) is 18.7. The topological polar surface area (TPSA) is 199 Å². The molecule has 1 fully saturated rings. The third kappa shape index (κ3) is 7.42. The molecule has 172 valence electrons. The molecule has 13 nitrogen and oxygen atoms in total. The molecular formula is C16H16N5O8S3-. The van der Waals surface area contributed by atoms with E-state index in [2.05, 4.69) is 20.2 Å². The maximum absolute atomic E-state index is 12.0. The summed E-state index contributed by atoms with van der Waals surface area (Å²) in [5.41, 5.74) is 9.14. The average molecular weight is 503 g/mol. The molecule has 1 N–H and O–H groups in total. The number of carbonyl (C=O) groups is 4. The minimum absolute atomic E-state index is 0.0228. The fourth-order valence-corrected chi connectivity index (χ4v) is 4.90. The number of imide groups is 1. The van der Waals surface area contributed by atoms with Crippen molar-refractivity contribution >= 4 is 61.1 Å². The van der Waals surface area contributed by atoms with Gasteiger partial charge in [0.2, 0.25) is 0 Å². The molecular weight excluding hydrogens is 486 g/mol. The van der Waals surface area contributed by atoms with Gasteiger partial charge >= 0.3 is 5.97 Å². The Morgan fingerprint density at radius 1 is 1.25 bits per heavy atom. The highest BCUT2D eigenvalue weighted by atomic mass is 33.1. The fourth-order valence-electron chi connectivity index (χ4n) is 2.33. The van der Waals surface area contributed by atoms with E-state index in [1.54, 1.807) is 0 Å². The van der Waals surface area contributed by atoms with E-state index in [9.17, 15) is 32.1 Å². The molecule has 0 aromatic heterocycles. The minimum atomic E-state index is -5.02. The van der Waals surface area contributed by atoms with Gasteiger partial charge in [-0.15, -0.1) is 5.06 Å². The molecule has 1 unspecified atom stereocenters. The summed E-state index contributed by atoms with van der Waals surface area (Å²) in [5, 5.41) is 4.06. The predicted octanol–water partition coefficient (Wildman–Crippen LogP) is 1.26. The monoisotopic (exact) mass is 502 g/mol. The summed E-state index contributed by atoms with van der Waals surface area (Å²) in [6.07, 6.45) is -1.03. The van der Waals surface area contributed by atoms with E-state index in [0.29, 0.717) is 23.5 Å². The van der Waals surface area contributed by atoms with Crippen LogP contribution in [0.3, 0.4) is 0 Å². The number of hydrogen-bond donors (Lipinski definition) is 1. The van der Waals surface area contributed by atoms with Crippen molar-refractivity contribution in [2.45, 2.75) is 18.1 Å². The number of azide groups is 1. The first-order chi connectivity index (χ1) is 15.1. The molecule has 16 heteroatoms. The van der Waals surface area contributed by atoms with Crippen molar-refractivity contribution in [1.29, 1.82) is 0 Å². The highest BCUT2D eigenvalue weighted by molar-refractivity contribution is 8.76. The number of hydrogen-bond acceptors (Lipinski definition) is 11. The molecule has 2 rings (SSSR count). The van der Waals surface area contributed by atoms with Gasteiger partial charge in [-0.1, -0.05) is 38.8 Å². The molecule has 1 heterocycles. The Kier molecular flexibility index (Phi) is 9.34. The molecule has 1 saturated heterocycles. The van der Waals surface area contributed by atoms with E-state index in [-0.39, 0.29) is 23.1 Å². The van der Waals surface area contributed by atoms with Gasteiger partial charge in [0.25, 0.3) is 17.7 Å². The van der Waals surface area contributed by atoms with Crippen LogP contribution in [0, 0.1) is 0 Å². The van der Waals surface area contributed by atoms with Gasteiger partial charge in [0.15, 0.2) is 0 Å². The van der Waals surface area contributed by atoms with Crippen LogP contribution >= 0.6 is 21.6 Å². The number of rotatable bonds is 11. The van der Waals surface area contributed by atoms with Crippen LogP contribution in [0.2, 0.25) is 0 Å². The first-order valence-electron chi connectivity index (χ1n) is 8.83. The van der Waals surface area contributed by atoms with Crippen LogP contribution < -0.4 is 5.32 Å². The summed E-state index contributed by atoms with van der Waals surface area (Å²) in [6, 6.07) is 6.08. The molecule has 0 saturated carbocycles. The molecule has 3 amide bonds. The van der Waals surface area contributed by atoms with E-state index in [1.165, 1.54) is 45.9 Å². The zero-order chi connectivity index (χ0) is 23.7. The molecule has 0 aliphatic carbocycles. The van der Waals surface area contributed by atoms with Crippen molar-refractivity contribution < 1.29 is 37.0 Å². The summed E-state index contributed by atoms with van der Waals surface area (Å²) in [4.78, 5) is 54.3. The molecule has 0 radical (unpaired) electrons. The molecule has 0 bridgehead atoms. The van der Waals surface area contributed by atoms with Crippen molar-refractivity contribution in [2.75, 3.05) is 18.1 Å². The van der Waals surface area contributed by atoms with Gasteiger partial charge < -0.3 is 14.7 Å². The number of nitrogens with zero attached hydrogens (tertiary/aromatic N) is 4. The SMILES string of the molecule is [N-]=[N+]=Nc1ccc(C(=O)NCCSSCCC(=O)ON2C(=O)CC(S(=O)(=O)[O-])C2=O)cc1. The molecule has 1 aromatic rings. The van der Waals surface area contributed by atoms with Gasteiger partial charge in [-0.25, -0.2) is 13.2 Å². The molecule has 0 spiro atoms. The van der Waals surface area contributed by atoms with Gasteiger partial charge in [0.1, 0.15) is 15.4 Å². The lowest BCUT2D eigenvalue weighted by atomic mass is 10.2. The van der Waals surface area contributed by atoms with Gasteiger partial charge in [-0.05, 0) is 17.7 Å². The largest absolute Gasteiger partial charge is 0.747 e. The highest BCUT2D eigenvalue weighted by Gasteiger charge is 2.45. The van der Waals surface area contributed by atoms with Crippen molar-refractivity contribution in [3.05, 3.63) is 40.3 Å². The summed E-state index contributed by atoms with van der Waals surface area (Å²) >= 11 is 0. The Labute approximate surface area is 190 Å². The first-order valence-corrected chi connectivity index (χ1v) is 12.8. The average Bonchev–Trinajstić information content (AvgIpc) is 3.02. The van der Waals surface area contributed by atoms with E-state index in [4.69, 9.17) is 5.53 Å². The van der Waals surface area contributed by atoms with Gasteiger partial charge in [-0.2, -0.15) is 0 Å². The second kappa shape index (κ2) is 11.7. The van der Waals surface area contributed by atoms with Gasteiger partial charge in [-0.3, -0.25) is 14.4 Å². The second-order valence-corrected chi connectivity index (χ2v) is 10.3. The third-order valence-corrected chi connectivity index (χ3v) is 7.31. The van der Waals surface area contributed by atoms with Crippen LogP contribution in [0.15, 0.2) is 29.4 Å². The summed E-state index contributed by atoms with van der Waals surface area (Å²) in [5.74, 6) is -2.89. The van der Waals surface area contributed by atoms with E-state index < -0.39 is 39.6 Å². The van der Waals surface area contributed by atoms with Gasteiger partial charge in [0.05, 0.1) is 12.8 Å². The Bertz CT molecular complexity index is 1040. The lowest BCUT2D eigenvalue weighted by Crippen LogP contribution is -2.36. The predicted molar refractivity (Wildman–Crippen MR) is 113 cm³/mol. The number of amides is 3. The highest BCUT2D eigenvalue weighted by Crippen LogP contribution is 2.23. The fraction of sp³-hybridized carbons (Fsp3) is 0.375. The van der Waals surface area contributed by atoms with Crippen molar-refractivity contribution in [3.63, 3.8) is 0 Å². The minimum Gasteiger partial charge on any atom is -0.747 e. The molecule has 1 atom stereocenters. The third-order valence-electron chi connectivity index (χ3n) is 3.84. The summed E-state index contributed by atoms with van der Waals surface area (Å²) < 4.78 is 32.8. The van der Waals surface area contributed by atoms with Crippen LogP contribution in [0.4, 0.5) is 5.69 Å². The van der Waals surface area contributed by atoms with E-state index in [1.807, 2.05) is 0 Å². The Hall–Kier alpha value is -2.78. The van der Waals surface area contributed by atoms with Crippen LogP contribution in [-0.2, 0) is 29.3 Å². The number of hydroxylamine groups is 2. The van der Waals surface area contributed by atoms with E-state index in [0.717, 1.165) is 0 Å². The molecule has 1 aromatic carbocycles. The maximum Gasteiger partial charge on any atom is 0.334 e. The van der Waals surface area contributed by atoms with Crippen LogP contribution in [0.25, 0.3) is 10.4 Å². The first kappa shape index (κ1) is 25.5. The maximum atomic E-state index is 12.0. The lowest BCUT2D eigenvalue weighted by molar-refractivity contribution is -0.197. The Morgan fingerprint density at radius 2 is 1.91 bits per heavy atom. The number of nitrogens with one attached hydrogen (secondary N) is 1. The Balaban J connectivity index is 1.61. The van der Waals surface area contributed by atoms with Crippen molar-refractivity contribution in [3.8, 4) is 0 Å². The molecule has 32 heavy (non-hydrogen) atoms. The Morgan fingerprint density at radius 3 is 2.50 bits per heavy atom. The second-order valence-electron chi connectivity index (χ2n) is 6.06. The van der Waals surface area contributed by atoms with Crippen LogP contribution in [-0.4, -0.2) is 65.0 Å². The number of carbonyl (C=O) groups excluding carboxylic acids is 4. The molecule has 1 aliphatic rings. The smallest absolute Gasteiger partial charge is 0.334 e. The molecule has 1 aliphatic heterocycles. The van der Waals surface area contributed by atoms with Crippen molar-refractivity contribution in [1.82, 2.24) is 10.4 Å². The summed E-state index contributed by atoms with van der Waals surface area (Å²) in [6.45, 7) is 0.348. The number of benzene rings is 1. The summed E-state index contributed by atoms with van der Waals surface area (Å²) in [7, 11) is -2.37. The standard InChI is InChI=1S/C16H17N5O8S3/c17-20-19-11-3-1-10(2-4-11)15(24)18-6-8-31-30-7-5-14(23)29-21-13(22)9-12(16(21)25)32(26,27)28/h1-4,12H,5-9H2,(H,18,24)(H,26,27,28)/p-1.